The smallest absolute Gasteiger partial charge is 0.342 e. The molecule has 3 aromatic carbocycles. The number of rotatable bonds is 10. The summed E-state index contributed by atoms with van der Waals surface area (Å²) in [6.07, 6.45) is 0.468. The fourth-order valence-corrected chi connectivity index (χ4v) is 5.47. The first-order valence-electron chi connectivity index (χ1n) is 14.8. The van der Waals surface area contributed by atoms with Crippen LogP contribution in [0.25, 0.3) is 11.4 Å². The summed E-state index contributed by atoms with van der Waals surface area (Å²) in [5.41, 5.74) is 3.62. The number of hydrogen-bond donors (Lipinski definition) is 2. The highest BCUT2D eigenvalue weighted by Crippen LogP contribution is 2.30. The lowest BCUT2D eigenvalue weighted by Crippen LogP contribution is -2.42. The monoisotopic (exact) mass is 646 g/mol. The van der Waals surface area contributed by atoms with E-state index in [0.29, 0.717) is 28.0 Å². The first-order valence-corrected chi connectivity index (χ1v) is 15.5. The number of imidazole rings is 1. The number of aromatic amines is 1. The Balaban J connectivity index is 0.000000257. The predicted octanol–water partition coefficient (Wildman–Crippen LogP) is 11.0. The first-order chi connectivity index (χ1) is 20.9. The second-order valence-electron chi connectivity index (χ2n) is 10.5. The minimum absolute atomic E-state index is 0.0980. The average molecular weight is 648 g/mol. The van der Waals surface area contributed by atoms with Crippen molar-refractivity contribution in [1.29, 1.82) is 0 Å². The van der Waals surface area contributed by atoms with Crippen molar-refractivity contribution in [2.24, 2.45) is 0 Å². The van der Waals surface area contributed by atoms with Crippen LogP contribution in [0.5, 0.6) is 0 Å². The fourth-order valence-electron chi connectivity index (χ4n) is 4.90. The van der Waals surface area contributed by atoms with Crippen LogP contribution in [0, 0.1) is 6.92 Å². The number of urea groups is 1. The molecule has 4 rings (SSSR count). The van der Waals surface area contributed by atoms with Crippen LogP contribution in [0.1, 0.15) is 69.0 Å². The molecule has 1 heterocycles. The van der Waals surface area contributed by atoms with E-state index in [9.17, 15) is 18.0 Å². The van der Waals surface area contributed by atoms with Crippen LogP contribution in [-0.4, -0.2) is 26.9 Å². The lowest BCUT2D eigenvalue weighted by Gasteiger charge is -2.32. The molecule has 0 saturated heterocycles. The molecule has 0 aliphatic rings. The highest BCUT2D eigenvalue weighted by molar-refractivity contribution is 6.34. The van der Waals surface area contributed by atoms with Crippen LogP contribution < -0.4 is 5.32 Å². The maximum absolute atomic E-state index is 13.0. The first kappa shape index (κ1) is 35.0. The molecule has 0 atom stereocenters. The molecule has 5 nitrogen and oxygen atoms in total. The summed E-state index contributed by atoms with van der Waals surface area (Å²) in [4.78, 5) is 22.4. The van der Waals surface area contributed by atoms with E-state index in [0.717, 1.165) is 66.9 Å². The van der Waals surface area contributed by atoms with E-state index in [-0.39, 0.29) is 12.1 Å². The number of H-pyrrole nitrogens is 1. The van der Waals surface area contributed by atoms with Gasteiger partial charge in [0.2, 0.25) is 0 Å². The van der Waals surface area contributed by atoms with Gasteiger partial charge in [-0.15, -0.1) is 0 Å². The number of carbonyl (C=O) groups is 1. The molecule has 0 spiro atoms. The van der Waals surface area contributed by atoms with Gasteiger partial charge in [-0.3, -0.25) is 0 Å². The molecule has 2 amide bonds. The predicted molar refractivity (Wildman–Crippen MR) is 174 cm³/mol. The molecular formula is C34H39Cl2F3N4O. The van der Waals surface area contributed by atoms with Crippen molar-refractivity contribution in [1.82, 2.24) is 14.9 Å². The minimum Gasteiger partial charge on any atom is -0.342 e. The number of alkyl halides is 3. The third kappa shape index (κ3) is 10.3. The van der Waals surface area contributed by atoms with Gasteiger partial charge in [-0.1, -0.05) is 87.1 Å². The number of aryl methyl sites for hydroxylation is 2. The van der Waals surface area contributed by atoms with Crippen LogP contribution in [0.2, 0.25) is 10.0 Å². The van der Waals surface area contributed by atoms with Gasteiger partial charge < -0.3 is 15.2 Å². The molecule has 0 bridgehead atoms. The van der Waals surface area contributed by atoms with E-state index in [1.54, 1.807) is 6.07 Å². The second kappa shape index (κ2) is 16.5. The molecule has 0 aliphatic carbocycles. The van der Waals surface area contributed by atoms with Crippen molar-refractivity contribution in [3.8, 4) is 11.4 Å². The Labute approximate surface area is 267 Å². The Hall–Kier alpha value is -3.49. The Morgan fingerprint density at radius 2 is 1.52 bits per heavy atom. The maximum atomic E-state index is 13.0. The van der Waals surface area contributed by atoms with Crippen molar-refractivity contribution in [2.45, 2.75) is 78.6 Å². The van der Waals surface area contributed by atoms with E-state index >= 15 is 0 Å². The minimum atomic E-state index is -4.30. The largest absolute Gasteiger partial charge is 0.416 e. The summed E-state index contributed by atoms with van der Waals surface area (Å²) in [5, 5.41) is 4.17. The van der Waals surface area contributed by atoms with Gasteiger partial charge in [0.15, 0.2) is 0 Å². The third-order valence-electron chi connectivity index (χ3n) is 7.05. The zero-order valence-electron chi connectivity index (χ0n) is 25.4. The van der Waals surface area contributed by atoms with Crippen LogP contribution in [0.15, 0.2) is 72.8 Å². The lowest BCUT2D eigenvalue weighted by molar-refractivity contribution is -0.137. The van der Waals surface area contributed by atoms with E-state index in [2.05, 4.69) is 29.1 Å². The molecule has 44 heavy (non-hydrogen) atoms. The van der Waals surface area contributed by atoms with Crippen LogP contribution in [-0.2, 0) is 19.1 Å². The standard InChI is InChI=1S/C21H26Cl2N2O.C13H13F3N2/c1-3-8-20(9-4-2)25(15-16-12-17(22)14-18(23)13-16)21(26)24-19-10-6-5-7-11-19;1-3-11-8(2)17-12(18-11)9-4-6-10(7-5-9)13(14,15)16/h5-7,10-14,20H,3-4,8-9,15H2,1-2H3,(H,24,26);4-7H,3H2,1-2H3,(H,17,18). The highest BCUT2D eigenvalue weighted by atomic mass is 35.5. The Bertz CT molecular complexity index is 1450. The van der Waals surface area contributed by atoms with E-state index in [1.165, 1.54) is 12.1 Å². The van der Waals surface area contributed by atoms with Crippen molar-refractivity contribution in [3.63, 3.8) is 0 Å². The summed E-state index contributed by atoms with van der Waals surface area (Å²) < 4.78 is 37.3. The van der Waals surface area contributed by atoms with Gasteiger partial charge in [0.1, 0.15) is 5.82 Å². The van der Waals surface area contributed by atoms with Crippen LogP contribution in [0.3, 0.4) is 0 Å². The van der Waals surface area contributed by atoms with Gasteiger partial charge in [-0.2, -0.15) is 13.2 Å². The Kier molecular flexibility index (Phi) is 13.2. The Morgan fingerprint density at radius 3 is 2.02 bits per heavy atom. The quantitative estimate of drug-likeness (QED) is 0.180. The number of hydrogen-bond acceptors (Lipinski definition) is 2. The molecule has 0 unspecified atom stereocenters. The van der Waals surface area contributed by atoms with E-state index in [4.69, 9.17) is 23.2 Å². The van der Waals surface area contributed by atoms with Gasteiger partial charge in [-0.05, 0) is 74.2 Å². The summed E-state index contributed by atoms with van der Waals surface area (Å²) >= 11 is 12.3. The van der Waals surface area contributed by atoms with Crippen LogP contribution >= 0.6 is 23.2 Å². The average Bonchev–Trinajstić information content (AvgIpc) is 3.36. The maximum Gasteiger partial charge on any atom is 0.416 e. The van der Waals surface area contributed by atoms with Gasteiger partial charge in [0, 0.05) is 39.6 Å². The molecule has 0 radical (unpaired) electrons. The highest BCUT2D eigenvalue weighted by Gasteiger charge is 2.30. The fraction of sp³-hybridized carbons (Fsp3) is 0.353. The molecule has 0 aliphatic heterocycles. The number of para-hydroxylation sites is 1. The molecule has 4 aromatic rings. The number of aromatic nitrogens is 2. The molecular weight excluding hydrogens is 608 g/mol. The summed E-state index contributed by atoms with van der Waals surface area (Å²) in [5.74, 6) is 0.609. The number of anilines is 1. The number of nitrogens with one attached hydrogen (secondary N) is 2. The second-order valence-corrected chi connectivity index (χ2v) is 11.4. The van der Waals surface area contributed by atoms with Crippen molar-refractivity contribution in [3.05, 3.63) is 105 Å². The van der Waals surface area contributed by atoms with Crippen molar-refractivity contribution in [2.75, 3.05) is 5.32 Å². The number of benzene rings is 3. The van der Waals surface area contributed by atoms with Crippen molar-refractivity contribution < 1.29 is 18.0 Å². The Morgan fingerprint density at radius 1 is 0.932 bits per heavy atom. The lowest BCUT2D eigenvalue weighted by atomic mass is 10.0. The molecule has 1 aromatic heterocycles. The third-order valence-corrected chi connectivity index (χ3v) is 7.49. The van der Waals surface area contributed by atoms with E-state index in [1.807, 2.05) is 61.2 Å². The normalized spacial score (nSPS) is 11.2. The molecule has 236 valence electrons. The van der Waals surface area contributed by atoms with E-state index < -0.39 is 11.7 Å². The van der Waals surface area contributed by atoms with Crippen molar-refractivity contribution >= 4 is 34.9 Å². The van der Waals surface area contributed by atoms with Gasteiger partial charge in [-0.25, -0.2) is 9.78 Å². The number of nitrogens with zero attached hydrogens (tertiary/aromatic N) is 2. The molecule has 10 heteroatoms. The molecule has 0 saturated carbocycles. The number of halogens is 5. The molecule has 0 fully saturated rings. The summed E-state index contributed by atoms with van der Waals surface area (Å²) in [7, 11) is 0. The topological polar surface area (TPSA) is 61.0 Å². The summed E-state index contributed by atoms with van der Waals surface area (Å²) in [6.45, 7) is 8.65. The summed E-state index contributed by atoms with van der Waals surface area (Å²) in [6, 6.07) is 20.0. The zero-order valence-corrected chi connectivity index (χ0v) is 27.0. The van der Waals surface area contributed by atoms with Gasteiger partial charge in [0.25, 0.3) is 0 Å². The zero-order chi connectivity index (χ0) is 32.3. The van der Waals surface area contributed by atoms with Gasteiger partial charge >= 0.3 is 12.2 Å². The molecule has 2 N–H and O–H groups in total. The number of amides is 2. The number of carbonyl (C=O) groups excluding carboxylic acids is 1. The SMILES string of the molecule is CCCC(CCC)N(Cc1cc(Cl)cc(Cl)c1)C(=O)Nc1ccccc1.CCc1nc(-c2ccc(C(F)(F)F)cc2)[nH]c1C. The van der Waals surface area contributed by atoms with Gasteiger partial charge in [0.05, 0.1) is 11.3 Å². The van der Waals surface area contributed by atoms with Crippen LogP contribution in [0.4, 0.5) is 23.7 Å².